The first-order chi connectivity index (χ1) is 16.6. The maximum absolute atomic E-state index is 12.4. The van der Waals surface area contributed by atoms with E-state index in [0.29, 0.717) is 23.3 Å². The Morgan fingerprint density at radius 1 is 1.06 bits per heavy atom. The van der Waals surface area contributed by atoms with Gasteiger partial charge in [0.1, 0.15) is 12.0 Å². The molecule has 2 aliphatic rings. The third-order valence-corrected chi connectivity index (χ3v) is 6.69. The third kappa shape index (κ3) is 8.58. The molecule has 2 aromatic rings. The molecule has 1 aliphatic heterocycles. The second-order valence-corrected chi connectivity index (χ2v) is 9.35. The minimum atomic E-state index is -0.118. The number of benzene rings is 2. The van der Waals surface area contributed by atoms with Crippen LogP contribution in [0.2, 0.25) is 0 Å². The van der Waals surface area contributed by atoms with Gasteiger partial charge in [0.15, 0.2) is 0 Å². The van der Waals surface area contributed by atoms with Crippen molar-refractivity contribution in [1.82, 2.24) is 4.90 Å². The molecule has 2 fully saturated rings. The molecule has 3 N–H and O–H groups in total. The van der Waals surface area contributed by atoms with Crippen LogP contribution < -0.4 is 15.8 Å². The first kappa shape index (κ1) is 25.9. The van der Waals surface area contributed by atoms with Gasteiger partial charge in [-0.25, -0.2) is 0 Å². The van der Waals surface area contributed by atoms with Crippen molar-refractivity contribution in [2.45, 2.75) is 57.4 Å². The van der Waals surface area contributed by atoms with E-state index >= 15 is 0 Å². The molecule has 6 heteroatoms. The zero-order chi connectivity index (χ0) is 24.2. The van der Waals surface area contributed by atoms with Crippen LogP contribution in [0.15, 0.2) is 48.5 Å². The maximum atomic E-state index is 12.4. The predicted octanol–water partition coefficient (Wildman–Crippen LogP) is 4.68. The maximum Gasteiger partial charge on any atom is 0.255 e. The van der Waals surface area contributed by atoms with Gasteiger partial charge in [0.05, 0.1) is 7.11 Å². The highest BCUT2D eigenvalue weighted by Gasteiger charge is 2.17. The summed E-state index contributed by atoms with van der Waals surface area (Å²) in [6.07, 6.45) is 10.1. The Bertz CT molecular complexity index is 903. The summed E-state index contributed by atoms with van der Waals surface area (Å²) in [6.45, 7) is 3.52. The van der Waals surface area contributed by atoms with Crippen molar-refractivity contribution in [3.8, 4) is 5.75 Å². The Kier molecular flexibility index (Phi) is 10.6. The highest BCUT2D eigenvalue weighted by atomic mass is 16.5. The van der Waals surface area contributed by atoms with Crippen molar-refractivity contribution in [3.05, 3.63) is 59.7 Å². The lowest BCUT2D eigenvalue weighted by atomic mass is 9.88. The van der Waals surface area contributed by atoms with Gasteiger partial charge < -0.3 is 25.5 Å². The summed E-state index contributed by atoms with van der Waals surface area (Å²) in [5.74, 6) is 0.875. The molecule has 1 saturated carbocycles. The van der Waals surface area contributed by atoms with E-state index in [9.17, 15) is 9.59 Å². The number of piperidine rings is 1. The number of carbonyl (C=O) groups is 2. The summed E-state index contributed by atoms with van der Waals surface area (Å²) in [7, 11) is 1.60. The lowest BCUT2D eigenvalue weighted by molar-refractivity contribution is -0.111. The number of aldehydes is 1. The van der Waals surface area contributed by atoms with Gasteiger partial charge in [-0.3, -0.25) is 4.79 Å². The number of methoxy groups -OCH3 is 1. The molecular weight excluding hydrogens is 426 g/mol. The monoisotopic (exact) mass is 465 g/mol. The molecule has 0 spiro atoms. The Morgan fingerprint density at radius 3 is 2.50 bits per heavy atom. The number of nitrogens with one attached hydrogen (secondary N) is 1. The number of hydrogen-bond donors (Lipinski definition) is 2. The van der Waals surface area contributed by atoms with Gasteiger partial charge in [-0.05, 0) is 93.9 Å². The van der Waals surface area contributed by atoms with Gasteiger partial charge in [0.25, 0.3) is 5.91 Å². The van der Waals surface area contributed by atoms with E-state index in [0.717, 1.165) is 50.6 Å². The van der Waals surface area contributed by atoms with Crippen LogP contribution in [0.25, 0.3) is 0 Å². The molecule has 0 unspecified atom stereocenters. The number of hydrogen-bond acceptors (Lipinski definition) is 5. The Balaban J connectivity index is 0.000000302. The fourth-order valence-electron chi connectivity index (χ4n) is 4.52. The fraction of sp³-hybridized carbons (Fsp3) is 0.500. The predicted molar refractivity (Wildman–Crippen MR) is 137 cm³/mol. The minimum absolute atomic E-state index is 0.118. The third-order valence-electron chi connectivity index (χ3n) is 6.69. The SMILES string of the molecule is COc1cccc(C(=O)Nc2cccc(CCN3CCCCC3)c2)c1.NC1CCC(C=O)CC1. The molecule has 2 aromatic carbocycles. The summed E-state index contributed by atoms with van der Waals surface area (Å²) >= 11 is 0. The van der Waals surface area contributed by atoms with E-state index in [2.05, 4.69) is 22.3 Å². The van der Waals surface area contributed by atoms with Crippen molar-refractivity contribution >= 4 is 17.9 Å². The normalized spacial score (nSPS) is 20.5. The van der Waals surface area contributed by atoms with Crippen molar-refractivity contribution in [2.75, 3.05) is 32.1 Å². The second-order valence-electron chi connectivity index (χ2n) is 9.35. The zero-order valence-corrected chi connectivity index (χ0v) is 20.4. The van der Waals surface area contributed by atoms with Crippen LogP contribution in [-0.4, -0.2) is 49.9 Å². The summed E-state index contributed by atoms with van der Waals surface area (Å²) in [5.41, 5.74) is 8.33. The van der Waals surface area contributed by atoms with Crippen molar-refractivity contribution in [2.24, 2.45) is 11.7 Å². The summed E-state index contributed by atoms with van der Waals surface area (Å²) in [6, 6.07) is 15.7. The second kappa shape index (κ2) is 13.9. The Labute approximate surface area is 203 Å². The standard InChI is InChI=1S/C21H26N2O2.C7H13NO/c1-25-20-10-6-8-18(16-20)21(24)22-19-9-5-7-17(15-19)11-14-23-12-3-2-4-13-23;8-7-3-1-6(5-9)2-4-7/h5-10,15-16H,2-4,11-14H2,1H3,(H,22,24);5-7H,1-4,8H2. The number of amides is 1. The highest BCUT2D eigenvalue weighted by Crippen LogP contribution is 2.21. The Hall–Kier alpha value is -2.70. The largest absolute Gasteiger partial charge is 0.497 e. The molecule has 184 valence electrons. The first-order valence-corrected chi connectivity index (χ1v) is 12.5. The van der Waals surface area contributed by atoms with E-state index < -0.39 is 0 Å². The number of nitrogens with zero attached hydrogens (tertiary/aromatic N) is 1. The van der Waals surface area contributed by atoms with Gasteiger partial charge >= 0.3 is 0 Å². The van der Waals surface area contributed by atoms with Crippen LogP contribution in [0, 0.1) is 5.92 Å². The van der Waals surface area contributed by atoms with Gasteiger partial charge in [0, 0.05) is 29.8 Å². The van der Waals surface area contributed by atoms with Crippen LogP contribution in [0.4, 0.5) is 5.69 Å². The van der Waals surface area contributed by atoms with Crippen LogP contribution in [-0.2, 0) is 11.2 Å². The van der Waals surface area contributed by atoms with Gasteiger partial charge in [-0.2, -0.15) is 0 Å². The van der Waals surface area contributed by atoms with E-state index in [1.165, 1.54) is 37.9 Å². The molecule has 34 heavy (non-hydrogen) atoms. The average molecular weight is 466 g/mol. The molecule has 6 nitrogen and oxygen atoms in total. The number of likely N-dealkylation sites (tertiary alicyclic amines) is 1. The van der Waals surface area contributed by atoms with Crippen LogP contribution >= 0.6 is 0 Å². The summed E-state index contributed by atoms with van der Waals surface area (Å²) in [4.78, 5) is 25.2. The van der Waals surface area contributed by atoms with Gasteiger partial charge in [0.2, 0.25) is 0 Å². The number of carbonyl (C=O) groups excluding carboxylic acids is 2. The number of ether oxygens (including phenoxy) is 1. The molecule has 0 atom stereocenters. The van der Waals surface area contributed by atoms with Gasteiger partial charge in [-0.1, -0.05) is 24.6 Å². The molecule has 1 aliphatic carbocycles. The molecule has 0 radical (unpaired) electrons. The number of nitrogens with two attached hydrogens (primary N) is 1. The van der Waals surface area contributed by atoms with Crippen molar-refractivity contribution in [1.29, 1.82) is 0 Å². The van der Waals surface area contributed by atoms with Crippen LogP contribution in [0.1, 0.15) is 60.9 Å². The molecule has 1 amide bonds. The summed E-state index contributed by atoms with van der Waals surface area (Å²) < 4.78 is 5.18. The van der Waals surface area contributed by atoms with Crippen LogP contribution in [0.5, 0.6) is 5.75 Å². The summed E-state index contributed by atoms with van der Waals surface area (Å²) in [5, 5.41) is 2.98. The van der Waals surface area contributed by atoms with E-state index in [1.807, 2.05) is 24.3 Å². The Morgan fingerprint density at radius 2 is 1.79 bits per heavy atom. The molecule has 0 aromatic heterocycles. The molecule has 0 bridgehead atoms. The lowest BCUT2D eigenvalue weighted by Gasteiger charge is -2.26. The fourth-order valence-corrected chi connectivity index (χ4v) is 4.52. The average Bonchev–Trinajstić information content (AvgIpc) is 2.89. The molecule has 1 saturated heterocycles. The molecule has 4 rings (SSSR count). The van der Waals surface area contributed by atoms with E-state index in [-0.39, 0.29) is 5.91 Å². The zero-order valence-electron chi connectivity index (χ0n) is 20.4. The number of rotatable bonds is 7. The van der Waals surface area contributed by atoms with E-state index in [4.69, 9.17) is 10.5 Å². The van der Waals surface area contributed by atoms with Gasteiger partial charge in [-0.15, -0.1) is 0 Å². The molecular formula is C28H39N3O3. The van der Waals surface area contributed by atoms with Crippen molar-refractivity contribution < 1.29 is 14.3 Å². The quantitative estimate of drug-likeness (QED) is 0.580. The van der Waals surface area contributed by atoms with Crippen LogP contribution in [0.3, 0.4) is 0 Å². The van der Waals surface area contributed by atoms with Crippen molar-refractivity contribution in [3.63, 3.8) is 0 Å². The topological polar surface area (TPSA) is 84.7 Å². The highest BCUT2D eigenvalue weighted by molar-refractivity contribution is 6.04. The smallest absolute Gasteiger partial charge is 0.255 e. The number of anilines is 1. The molecule has 1 heterocycles. The first-order valence-electron chi connectivity index (χ1n) is 12.5. The minimum Gasteiger partial charge on any atom is -0.497 e. The van der Waals surface area contributed by atoms with E-state index in [1.54, 1.807) is 19.2 Å². The lowest BCUT2D eigenvalue weighted by Crippen LogP contribution is -2.31.